The average molecular weight is 1240 g/mol. The zero-order valence-corrected chi connectivity index (χ0v) is 58.6. The van der Waals surface area contributed by atoms with Crippen molar-refractivity contribution in [2.24, 2.45) is 0 Å². The highest BCUT2D eigenvalue weighted by Crippen LogP contribution is 2.18. The number of carbonyl (C=O) groups excluding carboxylic acids is 2. The minimum atomic E-state index is -1.52. The van der Waals surface area contributed by atoms with Gasteiger partial charge >= 0.3 is 17.9 Å². The van der Waals surface area contributed by atoms with Gasteiger partial charge in [-0.3, -0.25) is 9.59 Å². The molecule has 0 aliphatic carbocycles. The molecule has 2 unspecified atom stereocenters. The van der Waals surface area contributed by atoms with Crippen LogP contribution >= 0.6 is 0 Å². The molecular weight excluding hydrogens is 1100 g/mol. The van der Waals surface area contributed by atoms with E-state index >= 15 is 0 Å². The number of nitrogens with zero attached hydrogens (tertiary/aromatic N) is 1. The summed E-state index contributed by atoms with van der Waals surface area (Å²) in [4.78, 5) is 37.7. The number of allylic oxidation sites excluding steroid dienone is 18. The van der Waals surface area contributed by atoms with Gasteiger partial charge in [0, 0.05) is 12.8 Å². The van der Waals surface area contributed by atoms with E-state index in [1.807, 2.05) is 21.1 Å². The van der Waals surface area contributed by atoms with Gasteiger partial charge in [0.15, 0.2) is 6.10 Å². The van der Waals surface area contributed by atoms with Crippen LogP contribution in [-0.2, 0) is 33.3 Å². The fourth-order valence-corrected chi connectivity index (χ4v) is 10.4. The smallest absolute Gasteiger partial charge is 0.361 e. The topological polar surface area (TPSA) is 108 Å². The van der Waals surface area contributed by atoms with Crippen molar-refractivity contribution in [2.75, 3.05) is 47.5 Å². The largest absolute Gasteiger partial charge is 0.477 e. The van der Waals surface area contributed by atoms with Crippen molar-refractivity contribution >= 4 is 17.9 Å². The lowest BCUT2D eigenvalue weighted by atomic mass is 10.0. The Morgan fingerprint density at radius 1 is 0.348 bits per heavy atom. The Bertz CT molecular complexity index is 1830. The molecule has 0 saturated carbocycles. The van der Waals surface area contributed by atoms with Gasteiger partial charge in [-0.2, -0.15) is 0 Å². The van der Waals surface area contributed by atoms with Gasteiger partial charge < -0.3 is 28.5 Å². The molecule has 0 rings (SSSR count). The van der Waals surface area contributed by atoms with Gasteiger partial charge in [-0.1, -0.05) is 335 Å². The average Bonchev–Trinajstić information content (AvgIpc) is 3.64. The van der Waals surface area contributed by atoms with Crippen LogP contribution in [0.2, 0.25) is 0 Å². The van der Waals surface area contributed by atoms with Crippen LogP contribution in [-0.4, -0.2) is 87.4 Å². The number of aliphatic carboxylic acids is 1. The number of likely N-dealkylation sites (N-methyl/N-ethyl adjacent to an activating group) is 1. The molecule has 0 amide bonds. The van der Waals surface area contributed by atoms with Crippen LogP contribution in [0.5, 0.6) is 0 Å². The van der Waals surface area contributed by atoms with Crippen LogP contribution in [0.1, 0.15) is 322 Å². The summed E-state index contributed by atoms with van der Waals surface area (Å²) in [7, 11) is 5.98. The van der Waals surface area contributed by atoms with E-state index in [4.69, 9.17) is 18.9 Å². The van der Waals surface area contributed by atoms with E-state index in [1.165, 1.54) is 186 Å². The molecule has 9 heteroatoms. The zero-order valence-electron chi connectivity index (χ0n) is 58.6. The van der Waals surface area contributed by atoms with Crippen LogP contribution in [0.3, 0.4) is 0 Å². The third kappa shape index (κ3) is 71.3. The third-order valence-electron chi connectivity index (χ3n) is 16.0. The van der Waals surface area contributed by atoms with E-state index in [0.29, 0.717) is 23.9 Å². The number of carboxylic acid groups (broad SMARTS) is 1. The minimum absolute atomic E-state index is 0.182. The SMILES string of the molecule is CC/C=C\C/C=C\C/C=C\C/C=C\C/C=C\C/C=C\C/C=C\C/C=C\C/C=C\CCCCCCCCCC(=O)OC(COC(=O)CCCCCCCCCCCCCCCCCCCCCCCCCCCCCCC)COC(OCC[N+](C)(C)C)C(=O)O. The summed E-state index contributed by atoms with van der Waals surface area (Å²) in [5.41, 5.74) is 0. The van der Waals surface area contributed by atoms with Crippen LogP contribution in [0, 0.1) is 0 Å². The van der Waals surface area contributed by atoms with Crippen molar-refractivity contribution in [1.82, 2.24) is 0 Å². The maximum Gasteiger partial charge on any atom is 0.361 e. The highest BCUT2D eigenvalue weighted by Gasteiger charge is 2.25. The number of ether oxygens (including phenoxy) is 4. The minimum Gasteiger partial charge on any atom is -0.477 e. The summed E-state index contributed by atoms with van der Waals surface area (Å²) in [6.45, 7) is 4.79. The molecule has 1 N–H and O–H groups in total. The van der Waals surface area contributed by atoms with Crippen molar-refractivity contribution in [1.29, 1.82) is 0 Å². The van der Waals surface area contributed by atoms with Crippen molar-refractivity contribution in [3.8, 4) is 0 Å². The first kappa shape index (κ1) is 85.0. The van der Waals surface area contributed by atoms with Gasteiger partial charge in [0.2, 0.25) is 0 Å². The van der Waals surface area contributed by atoms with E-state index in [0.717, 1.165) is 103 Å². The Morgan fingerprint density at radius 2 is 0.640 bits per heavy atom. The summed E-state index contributed by atoms with van der Waals surface area (Å²) in [5, 5.41) is 9.76. The monoisotopic (exact) mass is 1240 g/mol. The zero-order chi connectivity index (χ0) is 64.7. The molecule has 0 aliphatic heterocycles. The molecule has 0 bridgehead atoms. The number of carboxylic acids is 1. The molecule has 0 heterocycles. The number of rotatable bonds is 68. The lowest BCUT2D eigenvalue weighted by Crippen LogP contribution is -2.40. The molecular formula is C80H140NO8+. The Balaban J connectivity index is 4.14. The van der Waals surface area contributed by atoms with E-state index in [1.54, 1.807) is 0 Å². The molecule has 9 nitrogen and oxygen atoms in total. The number of unbranched alkanes of at least 4 members (excludes halogenated alkanes) is 35. The molecule has 2 atom stereocenters. The molecule has 0 aromatic carbocycles. The predicted octanol–water partition coefficient (Wildman–Crippen LogP) is 23.4. The Kier molecular flexibility index (Phi) is 66.7. The fraction of sp³-hybridized carbons (Fsp3) is 0.738. The van der Waals surface area contributed by atoms with Crippen LogP contribution in [0.15, 0.2) is 109 Å². The molecule has 512 valence electrons. The van der Waals surface area contributed by atoms with Gasteiger partial charge in [-0.15, -0.1) is 0 Å². The van der Waals surface area contributed by atoms with Crippen LogP contribution < -0.4 is 0 Å². The highest BCUT2D eigenvalue weighted by atomic mass is 16.7. The van der Waals surface area contributed by atoms with Gasteiger partial charge in [-0.05, 0) is 83.5 Å². The molecule has 0 spiro atoms. The second-order valence-corrected chi connectivity index (χ2v) is 25.9. The second-order valence-electron chi connectivity index (χ2n) is 25.9. The maximum absolute atomic E-state index is 13.0. The van der Waals surface area contributed by atoms with E-state index in [9.17, 15) is 19.5 Å². The van der Waals surface area contributed by atoms with E-state index in [-0.39, 0.29) is 32.2 Å². The second kappa shape index (κ2) is 69.8. The number of esters is 2. The highest BCUT2D eigenvalue weighted by molar-refractivity contribution is 5.71. The summed E-state index contributed by atoms with van der Waals surface area (Å²) in [6.07, 6.45) is 95.0. The molecule has 0 aromatic heterocycles. The molecule has 0 aromatic rings. The van der Waals surface area contributed by atoms with E-state index in [2.05, 4.69) is 123 Å². The van der Waals surface area contributed by atoms with Crippen molar-refractivity contribution in [3.63, 3.8) is 0 Å². The lowest BCUT2D eigenvalue weighted by molar-refractivity contribution is -0.870. The number of hydrogen-bond donors (Lipinski definition) is 1. The molecule has 0 saturated heterocycles. The van der Waals surface area contributed by atoms with E-state index < -0.39 is 24.3 Å². The summed E-state index contributed by atoms with van der Waals surface area (Å²) < 4.78 is 23.0. The first-order chi connectivity index (χ1) is 43.6. The fourth-order valence-electron chi connectivity index (χ4n) is 10.4. The summed E-state index contributed by atoms with van der Waals surface area (Å²) in [6, 6.07) is 0. The first-order valence-corrected chi connectivity index (χ1v) is 37.1. The quantitative estimate of drug-likeness (QED) is 0.0211. The predicted molar refractivity (Wildman–Crippen MR) is 382 cm³/mol. The first-order valence-electron chi connectivity index (χ1n) is 37.1. The Hall–Kier alpha value is -4.05. The number of hydrogen-bond acceptors (Lipinski definition) is 7. The lowest BCUT2D eigenvalue weighted by Gasteiger charge is -2.25. The normalized spacial score (nSPS) is 13.3. The Morgan fingerprint density at radius 3 is 0.955 bits per heavy atom. The molecule has 0 radical (unpaired) electrons. The number of carbonyl (C=O) groups is 3. The molecule has 0 fully saturated rings. The summed E-state index contributed by atoms with van der Waals surface area (Å²) >= 11 is 0. The third-order valence-corrected chi connectivity index (χ3v) is 16.0. The summed E-state index contributed by atoms with van der Waals surface area (Å²) in [5.74, 6) is -2.01. The van der Waals surface area contributed by atoms with Crippen molar-refractivity contribution in [3.05, 3.63) is 109 Å². The standard InChI is InChI=1S/C80H139NO8/c1-6-8-10-12-14-16-18-20-22-24-26-28-30-32-34-36-37-38-39-40-41-43-45-47-49-51-53-55-57-59-61-63-65-67-69-71-78(83)89-76(75-88-80(79(84)85)86-73-72-81(3,4)5)74-87-77(82)70-68-66-64-62-60-58-56-54-52-50-48-46-44-42-35-33-31-29-27-25-23-21-19-17-15-13-11-9-7-2/h8,10,14,16,20,22,26,28,32,34,37-38,40-41,45,47,51,53,76,80H,6-7,9,11-13,15,17-19,21,23-25,27,29-31,33,35-36,39,42-44,46,48-50,52,54-75H2,1-5H3/p+1/b10-8-,16-14-,22-20-,28-26-,34-32-,38-37-,41-40-,47-45-,53-51-. The molecule has 0 aliphatic rings. The Labute approximate surface area is 549 Å². The van der Waals surface area contributed by atoms with Crippen molar-refractivity contribution < 1.29 is 42.9 Å². The van der Waals surface area contributed by atoms with Gasteiger partial charge in [0.25, 0.3) is 6.29 Å². The van der Waals surface area contributed by atoms with Crippen LogP contribution in [0.25, 0.3) is 0 Å². The van der Waals surface area contributed by atoms with Crippen LogP contribution in [0.4, 0.5) is 0 Å². The maximum atomic E-state index is 13.0. The van der Waals surface area contributed by atoms with Crippen molar-refractivity contribution in [2.45, 2.75) is 334 Å². The van der Waals surface area contributed by atoms with Gasteiger partial charge in [0.05, 0.1) is 34.4 Å². The number of quaternary nitrogens is 1. The van der Waals surface area contributed by atoms with Gasteiger partial charge in [0.1, 0.15) is 13.2 Å². The van der Waals surface area contributed by atoms with Gasteiger partial charge in [-0.25, -0.2) is 4.79 Å². The molecule has 89 heavy (non-hydrogen) atoms.